The highest BCUT2D eigenvalue weighted by atomic mass is 79.9. The van der Waals surface area contributed by atoms with Crippen LogP contribution in [0.15, 0.2) is 9.85 Å². The van der Waals surface area contributed by atoms with Gasteiger partial charge in [0.05, 0.1) is 8.66 Å². The van der Waals surface area contributed by atoms with Gasteiger partial charge in [0.15, 0.2) is 0 Å². The molecule has 88 valence electrons. The van der Waals surface area contributed by atoms with Gasteiger partial charge in [0.25, 0.3) is 5.91 Å². The first-order valence-electron chi connectivity index (χ1n) is 4.56. The number of aryl methyl sites for hydroxylation is 1. The second-order valence-corrected chi connectivity index (χ2v) is 6.32. The Morgan fingerprint density at radius 2 is 2.06 bits per heavy atom. The summed E-state index contributed by atoms with van der Waals surface area (Å²) in [4.78, 5) is 23.1. The maximum absolute atomic E-state index is 11.7. The number of halogens is 1. The number of rotatable bonds is 3. The Kier molecular flexibility index (Phi) is 3.75. The molecule has 4 nitrogen and oxygen atoms in total. The minimum Gasteiger partial charge on any atom is -0.480 e. The summed E-state index contributed by atoms with van der Waals surface area (Å²) in [7, 11) is 0. The molecule has 1 aromatic heterocycles. The lowest BCUT2D eigenvalue weighted by Crippen LogP contribution is -2.49. The van der Waals surface area contributed by atoms with E-state index in [1.165, 1.54) is 25.2 Å². The van der Waals surface area contributed by atoms with E-state index in [0.717, 1.165) is 9.35 Å². The van der Waals surface area contributed by atoms with Crippen LogP contribution in [0.5, 0.6) is 0 Å². The second kappa shape index (κ2) is 4.55. The summed E-state index contributed by atoms with van der Waals surface area (Å²) < 4.78 is 0.880. The molecule has 0 bridgehead atoms. The molecular formula is C10H12BrNO3S. The molecular weight excluding hydrogens is 294 g/mol. The molecule has 0 atom stereocenters. The van der Waals surface area contributed by atoms with E-state index < -0.39 is 11.5 Å². The van der Waals surface area contributed by atoms with Crippen molar-refractivity contribution in [1.29, 1.82) is 0 Å². The van der Waals surface area contributed by atoms with E-state index in [4.69, 9.17) is 5.11 Å². The fraction of sp³-hybridized carbons (Fsp3) is 0.400. The molecule has 0 aliphatic carbocycles. The molecule has 0 aliphatic heterocycles. The summed E-state index contributed by atoms with van der Waals surface area (Å²) >= 11 is 4.60. The Bertz CT molecular complexity index is 420. The Balaban J connectivity index is 2.84. The van der Waals surface area contributed by atoms with E-state index in [-0.39, 0.29) is 5.91 Å². The van der Waals surface area contributed by atoms with E-state index in [0.29, 0.717) is 4.88 Å². The fourth-order valence-corrected chi connectivity index (χ4v) is 2.40. The third kappa shape index (κ3) is 2.82. The summed E-state index contributed by atoms with van der Waals surface area (Å²) in [5, 5.41) is 11.3. The molecule has 6 heteroatoms. The van der Waals surface area contributed by atoms with Crippen LogP contribution in [0, 0.1) is 6.92 Å². The van der Waals surface area contributed by atoms with Crippen molar-refractivity contribution < 1.29 is 14.7 Å². The van der Waals surface area contributed by atoms with E-state index in [1.807, 2.05) is 6.92 Å². The summed E-state index contributed by atoms with van der Waals surface area (Å²) in [6, 6.07) is 1.72. The number of thiophene rings is 1. The van der Waals surface area contributed by atoms with E-state index >= 15 is 0 Å². The highest BCUT2D eigenvalue weighted by Gasteiger charge is 2.29. The first kappa shape index (κ1) is 13.2. The highest BCUT2D eigenvalue weighted by Crippen LogP contribution is 2.27. The van der Waals surface area contributed by atoms with Gasteiger partial charge < -0.3 is 10.4 Å². The number of carboxylic acids is 1. The lowest BCUT2D eigenvalue weighted by molar-refractivity contribution is -0.143. The van der Waals surface area contributed by atoms with Crippen LogP contribution in [0.1, 0.15) is 29.1 Å². The molecule has 16 heavy (non-hydrogen) atoms. The Hall–Kier alpha value is -0.880. The smallest absolute Gasteiger partial charge is 0.328 e. The van der Waals surface area contributed by atoms with Gasteiger partial charge in [-0.1, -0.05) is 0 Å². The van der Waals surface area contributed by atoms with Crippen LogP contribution in [-0.2, 0) is 4.79 Å². The second-order valence-electron chi connectivity index (χ2n) is 3.95. The molecule has 0 spiro atoms. The van der Waals surface area contributed by atoms with Crippen LogP contribution < -0.4 is 5.32 Å². The Morgan fingerprint density at radius 1 is 1.50 bits per heavy atom. The number of carbonyl (C=O) groups excluding carboxylic acids is 1. The standard InChI is InChI=1S/C10H12BrNO3S/c1-5-4-6(16-7(5)11)8(13)12-10(2,3)9(14)15/h4H,1-3H3,(H,12,13)(H,14,15). The van der Waals surface area contributed by atoms with Gasteiger partial charge in [0, 0.05) is 0 Å². The Labute approximate surface area is 106 Å². The van der Waals surface area contributed by atoms with E-state index in [2.05, 4.69) is 21.2 Å². The van der Waals surface area contributed by atoms with E-state index in [9.17, 15) is 9.59 Å². The molecule has 0 radical (unpaired) electrons. The maximum atomic E-state index is 11.7. The summed E-state index contributed by atoms with van der Waals surface area (Å²) in [6.45, 7) is 4.77. The molecule has 0 saturated carbocycles. The van der Waals surface area contributed by atoms with Gasteiger partial charge in [-0.2, -0.15) is 0 Å². The van der Waals surface area contributed by atoms with Crippen LogP contribution in [0.3, 0.4) is 0 Å². The number of aliphatic carboxylic acids is 1. The third-order valence-corrected chi connectivity index (χ3v) is 4.18. The number of hydrogen-bond donors (Lipinski definition) is 2. The quantitative estimate of drug-likeness (QED) is 0.901. The zero-order chi connectivity index (χ0) is 12.5. The summed E-state index contributed by atoms with van der Waals surface area (Å²) in [6.07, 6.45) is 0. The zero-order valence-corrected chi connectivity index (χ0v) is 11.5. The van der Waals surface area contributed by atoms with Gasteiger partial charge in [0.2, 0.25) is 0 Å². The first-order chi connectivity index (χ1) is 7.24. The van der Waals surface area contributed by atoms with Gasteiger partial charge in [-0.25, -0.2) is 4.79 Å². The minimum atomic E-state index is -1.26. The number of amides is 1. The van der Waals surface area contributed by atoms with Crippen molar-refractivity contribution in [2.75, 3.05) is 0 Å². The number of hydrogen-bond acceptors (Lipinski definition) is 3. The maximum Gasteiger partial charge on any atom is 0.328 e. The Morgan fingerprint density at radius 3 is 2.44 bits per heavy atom. The van der Waals surface area contributed by atoms with Crippen molar-refractivity contribution >= 4 is 39.1 Å². The topological polar surface area (TPSA) is 66.4 Å². The molecule has 0 unspecified atom stereocenters. The molecule has 0 aromatic carbocycles. The van der Waals surface area contributed by atoms with Crippen LogP contribution in [-0.4, -0.2) is 22.5 Å². The van der Waals surface area contributed by atoms with Crippen molar-refractivity contribution in [1.82, 2.24) is 5.32 Å². The molecule has 1 rings (SSSR count). The van der Waals surface area contributed by atoms with Gasteiger partial charge in [0.1, 0.15) is 5.54 Å². The molecule has 2 N–H and O–H groups in total. The number of carboxylic acid groups (broad SMARTS) is 1. The van der Waals surface area contributed by atoms with Gasteiger partial charge in [-0.15, -0.1) is 11.3 Å². The molecule has 0 fully saturated rings. The average Bonchev–Trinajstić information content (AvgIpc) is 2.46. The lowest BCUT2D eigenvalue weighted by Gasteiger charge is -2.20. The number of nitrogens with one attached hydrogen (secondary N) is 1. The zero-order valence-electron chi connectivity index (χ0n) is 9.13. The molecule has 1 amide bonds. The fourth-order valence-electron chi connectivity index (χ4n) is 0.971. The van der Waals surface area contributed by atoms with Gasteiger partial charge in [-0.3, -0.25) is 4.79 Å². The third-order valence-electron chi connectivity index (χ3n) is 2.04. The predicted octanol–water partition coefficient (Wildman–Crippen LogP) is 2.41. The van der Waals surface area contributed by atoms with Crippen molar-refractivity contribution in [3.05, 3.63) is 20.3 Å². The average molecular weight is 306 g/mol. The van der Waals surface area contributed by atoms with Crippen LogP contribution in [0.25, 0.3) is 0 Å². The normalized spacial score (nSPS) is 11.2. The predicted molar refractivity (Wildman–Crippen MR) is 65.9 cm³/mol. The van der Waals surface area contributed by atoms with Crippen LogP contribution in [0.4, 0.5) is 0 Å². The van der Waals surface area contributed by atoms with Crippen LogP contribution in [0.2, 0.25) is 0 Å². The van der Waals surface area contributed by atoms with Crippen molar-refractivity contribution in [3.8, 4) is 0 Å². The first-order valence-corrected chi connectivity index (χ1v) is 6.17. The van der Waals surface area contributed by atoms with Crippen LogP contribution >= 0.6 is 27.3 Å². The van der Waals surface area contributed by atoms with Crippen molar-refractivity contribution in [2.24, 2.45) is 0 Å². The monoisotopic (exact) mass is 305 g/mol. The minimum absolute atomic E-state index is 0.369. The number of carbonyl (C=O) groups is 2. The summed E-state index contributed by atoms with van der Waals surface area (Å²) in [5.41, 5.74) is -0.301. The molecule has 1 heterocycles. The van der Waals surface area contributed by atoms with Gasteiger partial charge in [-0.05, 0) is 48.3 Å². The van der Waals surface area contributed by atoms with Crippen molar-refractivity contribution in [3.63, 3.8) is 0 Å². The SMILES string of the molecule is Cc1cc(C(=O)NC(C)(C)C(=O)O)sc1Br. The highest BCUT2D eigenvalue weighted by molar-refractivity contribution is 9.11. The molecule has 0 saturated heterocycles. The largest absolute Gasteiger partial charge is 0.480 e. The van der Waals surface area contributed by atoms with Crippen molar-refractivity contribution in [2.45, 2.75) is 26.3 Å². The summed E-state index contributed by atoms with van der Waals surface area (Å²) in [5.74, 6) is -1.43. The van der Waals surface area contributed by atoms with Gasteiger partial charge >= 0.3 is 5.97 Å². The van der Waals surface area contributed by atoms with E-state index in [1.54, 1.807) is 6.07 Å². The lowest BCUT2D eigenvalue weighted by atomic mass is 10.1. The molecule has 1 aromatic rings. The molecule has 0 aliphatic rings.